The Bertz CT molecular complexity index is 368. The molecule has 0 spiro atoms. The first-order chi connectivity index (χ1) is 7.92. The number of thioether (sulfide) groups is 1. The van der Waals surface area contributed by atoms with E-state index in [4.69, 9.17) is 11.1 Å². The quantitative estimate of drug-likeness (QED) is 0.334. The summed E-state index contributed by atoms with van der Waals surface area (Å²) in [5, 5.41) is 11.2. The molecule has 0 atom stereocenters. The lowest BCUT2D eigenvalue weighted by Crippen LogP contribution is -2.62. The standard InChI is InChI=1S/C9H14N4O3S.BrH/c1-2-9(3-4-17-7(10)11)5(14)12-8(16)13-6(9)15;/h2-4H2,1H3,(H3,10,11)(H2,12,13,14,15,16);1H. The van der Waals surface area contributed by atoms with Gasteiger partial charge in [0.1, 0.15) is 5.41 Å². The Morgan fingerprint density at radius 2 is 1.83 bits per heavy atom. The Kier molecular flexibility index (Phi) is 6.33. The van der Waals surface area contributed by atoms with Crippen molar-refractivity contribution in [2.24, 2.45) is 11.1 Å². The summed E-state index contributed by atoms with van der Waals surface area (Å²) in [6.07, 6.45) is 0.523. The van der Waals surface area contributed by atoms with Gasteiger partial charge in [-0.05, 0) is 12.8 Å². The van der Waals surface area contributed by atoms with Crippen LogP contribution < -0.4 is 16.4 Å². The number of halogens is 1. The number of urea groups is 1. The van der Waals surface area contributed by atoms with Gasteiger partial charge in [-0.15, -0.1) is 17.0 Å². The van der Waals surface area contributed by atoms with Crippen LogP contribution in [0.1, 0.15) is 19.8 Å². The molecule has 1 aliphatic heterocycles. The number of hydrogen-bond acceptors (Lipinski definition) is 5. The predicted octanol–water partition coefficient (Wildman–Crippen LogP) is 0.343. The van der Waals surface area contributed by atoms with Crippen LogP contribution in [0, 0.1) is 10.8 Å². The van der Waals surface area contributed by atoms with Gasteiger partial charge in [-0.1, -0.05) is 18.7 Å². The second-order valence-electron chi connectivity index (χ2n) is 3.64. The van der Waals surface area contributed by atoms with Crippen LogP contribution in [0.15, 0.2) is 0 Å². The van der Waals surface area contributed by atoms with E-state index in [1.165, 1.54) is 0 Å². The first-order valence-electron chi connectivity index (χ1n) is 5.06. The van der Waals surface area contributed by atoms with Crippen LogP contribution in [0.2, 0.25) is 0 Å². The van der Waals surface area contributed by atoms with Crippen molar-refractivity contribution >= 4 is 51.8 Å². The predicted molar refractivity (Wildman–Crippen MR) is 73.7 cm³/mol. The lowest BCUT2D eigenvalue weighted by Gasteiger charge is -2.32. The number of hydrogen-bond donors (Lipinski definition) is 4. The SMILES string of the molecule is Br.CCC1(CCSC(=N)N)C(=O)NC(=O)NC1=O. The van der Waals surface area contributed by atoms with E-state index in [1.54, 1.807) is 6.92 Å². The van der Waals surface area contributed by atoms with Crippen molar-refractivity contribution in [2.75, 3.05) is 5.75 Å². The molecule has 1 heterocycles. The Balaban J connectivity index is 0.00000289. The van der Waals surface area contributed by atoms with Crippen LogP contribution in [-0.2, 0) is 9.59 Å². The maximum Gasteiger partial charge on any atom is 0.328 e. The van der Waals surface area contributed by atoms with E-state index in [0.717, 1.165) is 11.8 Å². The molecule has 4 amide bonds. The highest BCUT2D eigenvalue weighted by Gasteiger charge is 2.48. The second kappa shape index (κ2) is 6.74. The summed E-state index contributed by atoms with van der Waals surface area (Å²) in [7, 11) is 0. The minimum atomic E-state index is -1.24. The fraction of sp³-hybridized carbons (Fsp3) is 0.556. The maximum atomic E-state index is 11.8. The van der Waals surface area contributed by atoms with Crippen LogP contribution in [0.4, 0.5) is 4.79 Å². The zero-order valence-electron chi connectivity index (χ0n) is 9.74. The number of amides is 4. The third kappa shape index (κ3) is 3.45. The van der Waals surface area contributed by atoms with Gasteiger partial charge in [-0.25, -0.2) is 4.79 Å². The van der Waals surface area contributed by atoms with E-state index in [1.807, 2.05) is 0 Å². The molecule has 0 radical (unpaired) electrons. The largest absolute Gasteiger partial charge is 0.379 e. The van der Waals surface area contributed by atoms with Crippen molar-refractivity contribution in [1.29, 1.82) is 5.41 Å². The van der Waals surface area contributed by atoms with Gasteiger partial charge >= 0.3 is 6.03 Å². The van der Waals surface area contributed by atoms with Crippen molar-refractivity contribution in [2.45, 2.75) is 19.8 Å². The van der Waals surface area contributed by atoms with Crippen LogP contribution in [0.5, 0.6) is 0 Å². The molecular weight excluding hydrogens is 324 g/mol. The third-order valence-corrected chi connectivity index (χ3v) is 3.43. The van der Waals surface area contributed by atoms with Gasteiger partial charge in [-0.3, -0.25) is 25.6 Å². The van der Waals surface area contributed by atoms with Gasteiger partial charge in [0.15, 0.2) is 5.17 Å². The molecular formula is C9H15BrN4O3S. The van der Waals surface area contributed by atoms with E-state index in [0.29, 0.717) is 5.75 Å². The third-order valence-electron chi connectivity index (χ3n) is 2.71. The monoisotopic (exact) mass is 338 g/mol. The average molecular weight is 339 g/mol. The topological polar surface area (TPSA) is 125 Å². The molecule has 9 heteroatoms. The summed E-state index contributed by atoms with van der Waals surface area (Å²) in [4.78, 5) is 34.5. The molecule has 0 aromatic rings. The van der Waals surface area contributed by atoms with Gasteiger partial charge < -0.3 is 5.73 Å². The van der Waals surface area contributed by atoms with Gasteiger partial charge in [0.25, 0.3) is 0 Å². The molecule has 0 unspecified atom stereocenters. The highest BCUT2D eigenvalue weighted by molar-refractivity contribution is 8.93. The Morgan fingerprint density at radius 3 is 2.22 bits per heavy atom. The fourth-order valence-corrected chi connectivity index (χ4v) is 2.31. The number of barbiturate groups is 1. The minimum Gasteiger partial charge on any atom is -0.379 e. The van der Waals surface area contributed by atoms with Crippen molar-refractivity contribution in [3.8, 4) is 0 Å². The summed E-state index contributed by atoms with van der Waals surface area (Å²) in [6, 6.07) is -0.789. The summed E-state index contributed by atoms with van der Waals surface area (Å²) in [5.74, 6) is -0.797. The van der Waals surface area contributed by atoms with Gasteiger partial charge in [-0.2, -0.15) is 0 Å². The second-order valence-corrected chi connectivity index (χ2v) is 4.77. The molecule has 102 valence electrons. The number of rotatable bonds is 4. The fourth-order valence-electron chi connectivity index (χ4n) is 1.64. The highest BCUT2D eigenvalue weighted by atomic mass is 79.9. The summed E-state index contributed by atoms with van der Waals surface area (Å²) in [6.45, 7) is 1.70. The number of carbonyl (C=O) groups is 3. The zero-order valence-corrected chi connectivity index (χ0v) is 12.3. The molecule has 18 heavy (non-hydrogen) atoms. The number of amidine groups is 1. The molecule has 1 fully saturated rings. The Hall–Kier alpha value is -1.09. The van der Waals surface area contributed by atoms with Gasteiger partial charge in [0.05, 0.1) is 0 Å². The minimum absolute atomic E-state index is 0. The summed E-state index contributed by atoms with van der Waals surface area (Å²) in [5.41, 5.74) is 3.94. The van der Waals surface area contributed by atoms with Crippen LogP contribution >= 0.6 is 28.7 Å². The highest BCUT2D eigenvalue weighted by Crippen LogP contribution is 2.30. The molecule has 0 aromatic carbocycles. The lowest BCUT2D eigenvalue weighted by molar-refractivity contribution is -0.144. The van der Waals surface area contributed by atoms with E-state index in [9.17, 15) is 14.4 Å². The van der Waals surface area contributed by atoms with Crippen molar-refractivity contribution in [3.63, 3.8) is 0 Å². The van der Waals surface area contributed by atoms with Crippen LogP contribution in [0.25, 0.3) is 0 Å². The van der Waals surface area contributed by atoms with E-state index >= 15 is 0 Å². The molecule has 1 aliphatic rings. The number of nitrogens with two attached hydrogens (primary N) is 1. The van der Waals surface area contributed by atoms with Crippen molar-refractivity contribution in [1.82, 2.24) is 10.6 Å². The zero-order chi connectivity index (χ0) is 13.1. The van der Waals surface area contributed by atoms with Crippen LogP contribution in [0.3, 0.4) is 0 Å². The summed E-state index contributed by atoms with van der Waals surface area (Å²) < 4.78 is 0. The first kappa shape index (κ1) is 16.9. The van der Waals surface area contributed by atoms with Gasteiger partial charge in [0, 0.05) is 5.75 Å². The van der Waals surface area contributed by atoms with E-state index in [-0.39, 0.29) is 35.0 Å². The van der Waals surface area contributed by atoms with Crippen molar-refractivity contribution in [3.05, 3.63) is 0 Å². The normalized spacial score (nSPS) is 17.5. The molecule has 7 nitrogen and oxygen atoms in total. The van der Waals surface area contributed by atoms with E-state index in [2.05, 4.69) is 10.6 Å². The smallest absolute Gasteiger partial charge is 0.328 e. The van der Waals surface area contributed by atoms with Crippen LogP contribution in [-0.4, -0.2) is 28.8 Å². The first-order valence-corrected chi connectivity index (χ1v) is 6.04. The molecule has 1 rings (SSSR count). The molecule has 1 saturated heterocycles. The van der Waals surface area contributed by atoms with Crippen molar-refractivity contribution < 1.29 is 14.4 Å². The number of imide groups is 2. The molecule has 0 aromatic heterocycles. The molecule has 0 aliphatic carbocycles. The number of carbonyl (C=O) groups excluding carboxylic acids is 3. The molecule has 0 saturated carbocycles. The maximum absolute atomic E-state index is 11.8. The summed E-state index contributed by atoms with van der Waals surface area (Å²) >= 11 is 1.06. The van der Waals surface area contributed by atoms with Gasteiger partial charge in [0.2, 0.25) is 11.8 Å². The Labute approximate surface area is 119 Å². The Morgan fingerprint density at radius 1 is 1.33 bits per heavy atom. The average Bonchev–Trinajstić information content (AvgIpc) is 2.22. The van der Waals surface area contributed by atoms with E-state index < -0.39 is 23.3 Å². The molecule has 5 N–H and O–H groups in total. The lowest BCUT2D eigenvalue weighted by atomic mass is 9.79. The number of nitrogens with one attached hydrogen (secondary N) is 3. The molecule has 0 bridgehead atoms.